The van der Waals surface area contributed by atoms with Crippen LogP contribution in [0.25, 0.3) is 0 Å². The molecule has 10 heteroatoms. The van der Waals surface area contributed by atoms with Crippen LogP contribution < -0.4 is 0 Å². The molecule has 0 aliphatic carbocycles. The fourth-order valence-corrected chi connectivity index (χ4v) is 0.452. The van der Waals surface area contributed by atoms with Crippen LogP contribution in [0.3, 0.4) is 0 Å². The average Bonchev–Trinajstić information content (AvgIpc) is 2.00. The molecule has 0 rings (SSSR count). The lowest BCUT2D eigenvalue weighted by Gasteiger charge is -2.32. The summed E-state index contributed by atoms with van der Waals surface area (Å²) >= 11 is 0. The third-order valence-electron chi connectivity index (χ3n) is 1.56. The molecule has 0 saturated carbocycles. The van der Waals surface area contributed by atoms with Gasteiger partial charge in [0.25, 0.3) is 5.67 Å². The first-order chi connectivity index (χ1) is 6.77. The first-order valence-corrected chi connectivity index (χ1v) is 3.53. The predicted octanol–water partition coefficient (Wildman–Crippen LogP) is 3.08. The Morgan fingerprint density at radius 3 is 1.44 bits per heavy atom. The molecule has 98 valence electrons. The fourth-order valence-electron chi connectivity index (χ4n) is 0.452. The zero-order valence-electron chi connectivity index (χ0n) is 7.84. The molecule has 0 aromatic heterocycles. The van der Waals surface area contributed by atoms with E-state index in [4.69, 9.17) is 0 Å². The maximum Gasteiger partial charge on any atom is 0.490 e. The van der Waals surface area contributed by atoms with E-state index in [9.17, 15) is 35.1 Å². The van der Waals surface area contributed by atoms with Crippen molar-refractivity contribution in [2.75, 3.05) is 7.11 Å². The summed E-state index contributed by atoms with van der Waals surface area (Å²) in [7, 11) is 0.194. The molecule has 0 saturated heterocycles. The molecular formula is C6H6F8O2. The molecule has 0 bridgehead atoms. The van der Waals surface area contributed by atoms with E-state index in [1.807, 2.05) is 0 Å². The summed E-state index contributed by atoms with van der Waals surface area (Å²) in [5, 5.41) is 0. The third-order valence-corrected chi connectivity index (χ3v) is 1.56. The van der Waals surface area contributed by atoms with Crippen LogP contribution in [0.1, 0.15) is 6.92 Å². The number of ether oxygens (including phenoxy) is 2. The van der Waals surface area contributed by atoms with E-state index < -0.39 is 31.2 Å². The zero-order valence-corrected chi connectivity index (χ0v) is 7.84. The Labute approximate surface area is 84.1 Å². The highest BCUT2D eigenvalue weighted by Crippen LogP contribution is 2.47. The maximum atomic E-state index is 12.7. The largest absolute Gasteiger partial charge is 0.490 e. The SMILES string of the molecule is COC(F)(F)OC(F)(F)C(C)(F)C(F)(F)F. The highest BCUT2D eigenvalue weighted by molar-refractivity contribution is 4.90. The fraction of sp³-hybridized carbons (Fsp3) is 1.00. The molecule has 0 aromatic carbocycles. The second-order valence-corrected chi connectivity index (χ2v) is 2.79. The summed E-state index contributed by atoms with van der Waals surface area (Å²) in [5.41, 5.74) is -5.28. The Bertz CT molecular complexity index is 245. The number of methoxy groups -OCH3 is 1. The molecule has 16 heavy (non-hydrogen) atoms. The van der Waals surface area contributed by atoms with Crippen LogP contribution in [0.5, 0.6) is 0 Å². The normalized spacial score (nSPS) is 18.4. The van der Waals surface area contributed by atoms with Gasteiger partial charge in [0.15, 0.2) is 0 Å². The minimum atomic E-state index is -6.08. The van der Waals surface area contributed by atoms with Gasteiger partial charge < -0.3 is 0 Å². The first kappa shape index (κ1) is 15.4. The van der Waals surface area contributed by atoms with Crippen molar-refractivity contribution >= 4 is 0 Å². The number of hydrogen-bond acceptors (Lipinski definition) is 2. The molecule has 0 aliphatic heterocycles. The minimum Gasteiger partial charge on any atom is -0.299 e. The Morgan fingerprint density at radius 1 is 0.812 bits per heavy atom. The number of hydrogen-bond donors (Lipinski definition) is 0. The monoisotopic (exact) mass is 262 g/mol. The lowest BCUT2D eigenvalue weighted by molar-refractivity contribution is -0.496. The summed E-state index contributed by atoms with van der Waals surface area (Å²) < 4.78 is 103. The molecule has 1 atom stereocenters. The minimum absolute atomic E-state index is 0.194. The van der Waals surface area contributed by atoms with E-state index in [0.29, 0.717) is 0 Å². The highest BCUT2D eigenvalue weighted by atomic mass is 19.4. The van der Waals surface area contributed by atoms with E-state index in [0.717, 1.165) is 0 Å². The van der Waals surface area contributed by atoms with Gasteiger partial charge in [-0.15, -0.1) is 8.78 Å². The van der Waals surface area contributed by atoms with Crippen LogP contribution in [0, 0.1) is 0 Å². The number of halogens is 8. The van der Waals surface area contributed by atoms with Crippen molar-refractivity contribution in [1.82, 2.24) is 0 Å². The average molecular weight is 262 g/mol. The van der Waals surface area contributed by atoms with Crippen LogP contribution in [0.4, 0.5) is 35.1 Å². The Hall–Kier alpha value is -0.640. The second kappa shape index (κ2) is 3.99. The lowest BCUT2D eigenvalue weighted by Crippen LogP contribution is -2.56. The van der Waals surface area contributed by atoms with Gasteiger partial charge in [0, 0.05) is 7.11 Å². The van der Waals surface area contributed by atoms with Gasteiger partial charge in [-0.3, -0.25) is 4.74 Å². The van der Waals surface area contributed by atoms with Gasteiger partial charge >= 0.3 is 18.6 Å². The maximum absolute atomic E-state index is 12.7. The molecule has 0 amide bonds. The Morgan fingerprint density at radius 2 is 1.19 bits per heavy atom. The smallest absolute Gasteiger partial charge is 0.299 e. The molecule has 2 nitrogen and oxygen atoms in total. The molecule has 0 N–H and O–H groups in total. The van der Waals surface area contributed by atoms with Gasteiger partial charge in [-0.1, -0.05) is 0 Å². The topological polar surface area (TPSA) is 18.5 Å². The van der Waals surface area contributed by atoms with Crippen LogP contribution in [0.2, 0.25) is 0 Å². The summed E-state index contributed by atoms with van der Waals surface area (Å²) in [6.45, 7) is -0.626. The van der Waals surface area contributed by atoms with Crippen LogP contribution in [-0.2, 0) is 9.47 Å². The summed E-state index contributed by atoms with van der Waals surface area (Å²) in [5.74, 6) is 0. The highest BCUT2D eigenvalue weighted by Gasteiger charge is 2.71. The van der Waals surface area contributed by atoms with Gasteiger partial charge in [-0.05, 0) is 6.92 Å². The van der Waals surface area contributed by atoms with Crippen molar-refractivity contribution in [3.63, 3.8) is 0 Å². The van der Waals surface area contributed by atoms with Gasteiger partial charge in [-0.25, -0.2) is 9.13 Å². The van der Waals surface area contributed by atoms with Crippen molar-refractivity contribution in [3.05, 3.63) is 0 Å². The zero-order chi connectivity index (χ0) is 13.4. The number of rotatable bonds is 4. The van der Waals surface area contributed by atoms with E-state index in [2.05, 4.69) is 9.47 Å². The van der Waals surface area contributed by atoms with Gasteiger partial charge in [0.05, 0.1) is 0 Å². The molecule has 0 spiro atoms. The van der Waals surface area contributed by atoms with Gasteiger partial charge in [0.2, 0.25) is 0 Å². The van der Waals surface area contributed by atoms with E-state index in [1.54, 1.807) is 0 Å². The summed E-state index contributed by atoms with van der Waals surface area (Å²) in [6.07, 6.45) is -16.9. The standard InChI is InChI=1S/C6H6F8O2/c1-3(7,4(8,9)10)5(11,12)16-6(13,14)15-2/h1-2H3. The van der Waals surface area contributed by atoms with Gasteiger partial charge in [-0.2, -0.15) is 22.0 Å². The summed E-state index contributed by atoms with van der Waals surface area (Å²) in [4.78, 5) is 0. The first-order valence-electron chi connectivity index (χ1n) is 3.53. The van der Waals surface area contributed by atoms with E-state index >= 15 is 0 Å². The van der Waals surface area contributed by atoms with Crippen LogP contribution in [0.15, 0.2) is 0 Å². The van der Waals surface area contributed by atoms with Crippen molar-refractivity contribution in [2.24, 2.45) is 0 Å². The third kappa shape index (κ3) is 2.94. The van der Waals surface area contributed by atoms with Crippen molar-refractivity contribution in [2.45, 2.75) is 31.2 Å². The van der Waals surface area contributed by atoms with Crippen molar-refractivity contribution < 1.29 is 44.6 Å². The lowest BCUT2D eigenvalue weighted by atomic mass is 10.1. The van der Waals surface area contributed by atoms with Crippen molar-refractivity contribution in [3.8, 4) is 0 Å². The molecule has 1 unspecified atom stereocenters. The summed E-state index contributed by atoms with van der Waals surface area (Å²) in [6, 6.07) is 0. The molecule has 0 aliphatic rings. The Balaban J connectivity index is 5.07. The molecule has 0 aromatic rings. The van der Waals surface area contributed by atoms with E-state index in [1.165, 1.54) is 0 Å². The molecule has 0 radical (unpaired) electrons. The van der Waals surface area contributed by atoms with Gasteiger partial charge in [0.1, 0.15) is 0 Å². The molecular weight excluding hydrogens is 256 g/mol. The molecule has 0 fully saturated rings. The van der Waals surface area contributed by atoms with Crippen LogP contribution >= 0.6 is 0 Å². The van der Waals surface area contributed by atoms with Crippen molar-refractivity contribution in [1.29, 1.82) is 0 Å². The second-order valence-electron chi connectivity index (χ2n) is 2.79. The van der Waals surface area contributed by atoms with Crippen LogP contribution in [-0.4, -0.2) is 31.4 Å². The predicted molar refractivity (Wildman–Crippen MR) is 33.6 cm³/mol. The Kier molecular flexibility index (Phi) is 3.83. The van der Waals surface area contributed by atoms with E-state index in [-0.39, 0.29) is 7.11 Å². The number of alkyl halides is 8. The quantitative estimate of drug-likeness (QED) is 0.572. The molecule has 0 heterocycles.